The molecule has 1 aromatic carbocycles. The number of hydrogen-bond acceptors (Lipinski definition) is 6. The van der Waals surface area contributed by atoms with Gasteiger partial charge in [0, 0.05) is 30.4 Å². The largest absolute Gasteiger partial charge is 0.289 e. The zero-order valence-electron chi connectivity index (χ0n) is 13.9. The molecule has 0 spiro atoms. The van der Waals surface area contributed by atoms with Gasteiger partial charge in [-0.1, -0.05) is 30.3 Å². The van der Waals surface area contributed by atoms with Crippen molar-refractivity contribution in [3.63, 3.8) is 0 Å². The summed E-state index contributed by atoms with van der Waals surface area (Å²) in [6, 6.07) is 13.7. The summed E-state index contributed by atoms with van der Waals surface area (Å²) in [5.41, 5.74) is 2.88. The molecule has 0 bridgehead atoms. The molecule has 7 heteroatoms. The summed E-state index contributed by atoms with van der Waals surface area (Å²) in [7, 11) is 1.73. The Balaban J connectivity index is 1.59. The highest BCUT2D eigenvalue weighted by molar-refractivity contribution is 8.18. The number of rotatable bonds is 3. The van der Waals surface area contributed by atoms with Crippen molar-refractivity contribution in [1.82, 2.24) is 14.9 Å². The second kappa shape index (κ2) is 7.23. The second-order valence-corrected chi connectivity index (χ2v) is 7.38. The van der Waals surface area contributed by atoms with Crippen LogP contribution in [-0.4, -0.2) is 33.0 Å². The number of amidine groups is 1. The molecule has 1 aliphatic heterocycles. The van der Waals surface area contributed by atoms with E-state index in [9.17, 15) is 4.79 Å². The summed E-state index contributed by atoms with van der Waals surface area (Å²) in [5, 5.41) is 3.24. The fourth-order valence-electron chi connectivity index (χ4n) is 2.40. The number of nitrogens with zero attached hydrogens (tertiary/aromatic N) is 4. The fourth-order valence-corrected chi connectivity index (χ4v) is 4.12. The number of pyridine rings is 1. The predicted octanol–water partition coefficient (Wildman–Crippen LogP) is 4.44. The van der Waals surface area contributed by atoms with Crippen molar-refractivity contribution >= 4 is 45.4 Å². The maximum atomic E-state index is 12.5. The molecule has 1 fully saturated rings. The number of thiazole rings is 1. The van der Waals surface area contributed by atoms with Crippen LogP contribution in [-0.2, 0) is 4.79 Å². The zero-order chi connectivity index (χ0) is 17.9. The normalized spacial score (nSPS) is 17.4. The first-order chi connectivity index (χ1) is 12.7. The molecule has 0 aliphatic carbocycles. The molecule has 0 radical (unpaired) electrons. The highest BCUT2D eigenvalue weighted by atomic mass is 32.2. The number of carbonyl (C=O) groups is 1. The highest BCUT2D eigenvalue weighted by Crippen LogP contribution is 2.34. The van der Waals surface area contributed by atoms with Gasteiger partial charge in [0.2, 0.25) is 5.13 Å². The van der Waals surface area contributed by atoms with E-state index in [2.05, 4.69) is 15.0 Å². The van der Waals surface area contributed by atoms with Gasteiger partial charge in [0.05, 0.1) is 10.6 Å². The highest BCUT2D eigenvalue weighted by Gasteiger charge is 2.30. The minimum atomic E-state index is -0.0644. The molecule has 3 heterocycles. The Morgan fingerprint density at radius 1 is 1.12 bits per heavy atom. The minimum Gasteiger partial charge on any atom is -0.289 e. The monoisotopic (exact) mass is 378 g/mol. The van der Waals surface area contributed by atoms with Gasteiger partial charge in [-0.05, 0) is 35.5 Å². The Morgan fingerprint density at radius 2 is 1.88 bits per heavy atom. The van der Waals surface area contributed by atoms with Crippen LogP contribution in [0.5, 0.6) is 0 Å². The summed E-state index contributed by atoms with van der Waals surface area (Å²) in [5.74, 6) is -0.0644. The van der Waals surface area contributed by atoms with Gasteiger partial charge in [0.1, 0.15) is 0 Å². The molecule has 0 atom stereocenters. The molecule has 1 aliphatic rings. The number of aromatic nitrogens is 2. The lowest BCUT2D eigenvalue weighted by atomic mass is 10.2. The molecule has 0 unspecified atom stereocenters. The first-order valence-electron chi connectivity index (χ1n) is 7.88. The molecule has 4 rings (SSSR count). The molecule has 3 aromatic rings. The average molecular weight is 378 g/mol. The third kappa shape index (κ3) is 3.44. The third-order valence-corrected chi connectivity index (χ3v) is 5.55. The van der Waals surface area contributed by atoms with Crippen molar-refractivity contribution in [1.29, 1.82) is 0 Å². The van der Waals surface area contributed by atoms with Crippen LogP contribution in [0.15, 0.2) is 70.1 Å². The van der Waals surface area contributed by atoms with E-state index >= 15 is 0 Å². The van der Waals surface area contributed by atoms with Crippen molar-refractivity contribution in [3.05, 3.63) is 70.7 Å². The molecule has 26 heavy (non-hydrogen) atoms. The molecule has 0 saturated carbocycles. The summed E-state index contributed by atoms with van der Waals surface area (Å²) < 4.78 is 0. The lowest BCUT2D eigenvalue weighted by Gasteiger charge is -2.05. The molecule has 2 aromatic heterocycles. The van der Waals surface area contributed by atoms with Crippen molar-refractivity contribution in [3.8, 4) is 11.3 Å². The van der Waals surface area contributed by atoms with Gasteiger partial charge in [0.25, 0.3) is 5.91 Å². The third-order valence-electron chi connectivity index (χ3n) is 3.76. The molecular formula is C19H14N4OS2. The number of benzene rings is 1. The molecule has 1 amide bonds. The summed E-state index contributed by atoms with van der Waals surface area (Å²) in [6.07, 6.45) is 5.26. The first-order valence-corrected chi connectivity index (χ1v) is 9.57. The Morgan fingerprint density at radius 3 is 2.65 bits per heavy atom. The average Bonchev–Trinajstić information content (AvgIpc) is 3.25. The van der Waals surface area contributed by atoms with Gasteiger partial charge in [-0.3, -0.25) is 14.7 Å². The van der Waals surface area contributed by atoms with Gasteiger partial charge < -0.3 is 0 Å². The number of amides is 1. The second-order valence-electron chi connectivity index (χ2n) is 5.53. The molecule has 0 N–H and O–H groups in total. The minimum absolute atomic E-state index is 0.0644. The zero-order valence-corrected chi connectivity index (χ0v) is 15.5. The Labute approximate surface area is 159 Å². The standard InChI is InChI=1S/C19H14N4OS2/c1-23-17(24)16(11-13-7-9-20-10-8-13)26-19(23)22-18-21-15(12-25-18)14-5-3-2-4-6-14/h2-12H,1H3/b16-11-,22-19+. The van der Waals surface area contributed by atoms with E-state index in [-0.39, 0.29) is 5.91 Å². The van der Waals surface area contributed by atoms with E-state index in [1.165, 1.54) is 23.1 Å². The fraction of sp³-hybridized carbons (Fsp3) is 0.0526. The Hall–Kier alpha value is -2.77. The van der Waals surface area contributed by atoms with Crippen molar-refractivity contribution in [2.45, 2.75) is 0 Å². The smallest absolute Gasteiger partial charge is 0.266 e. The maximum Gasteiger partial charge on any atom is 0.266 e. The van der Waals surface area contributed by atoms with E-state index in [1.54, 1.807) is 24.3 Å². The van der Waals surface area contributed by atoms with Crippen LogP contribution in [0.4, 0.5) is 5.13 Å². The van der Waals surface area contributed by atoms with E-state index in [0.717, 1.165) is 16.8 Å². The topological polar surface area (TPSA) is 58.5 Å². The summed E-state index contributed by atoms with van der Waals surface area (Å²) in [4.78, 5) is 27.8. The van der Waals surface area contributed by atoms with Crippen LogP contribution in [0.1, 0.15) is 5.56 Å². The maximum absolute atomic E-state index is 12.5. The van der Waals surface area contributed by atoms with Crippen LogP contribution in [0.3, 0.4) is 0 Å². The lowest BCUT2D eigenvalue weighted by molar-refractivity contribution is -0.121. The van der Waals surface area contributed by atoms with Gasteiger partial charge in [-0.25, -0.2) is 4.98 Å². The van der Waals surface area contributed by atoms with Gasteiger partial charge in [-0.15, -0.1) is 11.3 Å². The predicted molar refractivity (Wildman–Crippen MR) is 107 cm³/mol. The molecular weight excluding hydrogens is 364 g/mol. The number of likely N-dealkylation sites (N-methyl/N-ethyl adjacent to an activating group) is 1. The number of carbonyl (C=O) groups excluding carboxylic acids is 1. The summed E-state index contributed by atoms with van der Waals surface area (Å²) >= 11 is 2.82. The number of hydrogen-bond donors (Lipinski definition) is 0. The molecule has 5 nitrogen and oxygen atoms in total. The Kier molecular flexibility index (Phi) is 4.64. The number of thioether (sulfide) groups is 1. The molecule has 1 saturated heterocycles. The number of aliphatic imine (C=N–C) groups is 1. The van der Waals surface area contributed by atoms with Crippen LogP contribution in [0.2, 0.25) is 0 Å². The van der Waals surface area contributed by atoms with Crippen molar-refractivity contribution in [2.75, 3.05) is 7.05 Å². The van der Waals surface area contributed by atoms with Crippen molar-refractivity contribution in [2.24, 2.45) is 4.99 Å². The Bertz CT molecular complexity index is 997. The summed E-state index contributed by atoms with van der Waals surface area (Å²) in [6.45, 7) is 0. The SMILES string of the molecule is CN1C(=O)/C(=C/c2ccncc2)S/C1=N/c1nc(-c2ccccc2)cs1. The van der Waals surface area contributed by atoms with Crippen LogP contribution < -0.4 is 0 Å². The van der Waals surface area contributed by atoms with E-state index < -0.39 is 0 Å². The van der Waals surface area contributed by atoms with Crippen LogP contribution in [0, 0.1) is 0 Å². The van der Waals surface area contributed by atoms with E-state index in [1.807, 2.05) is 53.9 Å². The van der Waals surface area contributed by atoms with Crippen LogP contribution >= 0.6 is 23.1 Å². The van der Waals surface area contributed by atoms with E-state index in [0.29, 0.717) is 15.2 Å². The lowest BCUT2D eigenvalue weighted by Crippen LogP contribution is -2.23. The van der Waals surface area contributed by atoms with Gasteiger partial charge in [-0.2, -0.15) is 4.99 Å². The van der Waals surface area contributed by atoms with E-state index in [4.69, 9.17) is 0 Å². The van der Waals surface area contributed by atoms with Crippen LogP contribution in [0.25, 0.3) is 17.3 Å². The quantitative estimate of drug-likeness (QED) is 0.632. The first kappa shape index (κ1) is 16.7. The van der Waals surface area contributed by atoms with Gasteiger partial charge in [0.15, 0.2) is 5.17 Å². The molecule has 128 valence electrons. The van der Waals surface area contributed by atoms with Crippen molar-refractivity contribution < 1.29 is 4.79 Å². The van der Waals surface area contributed by atoms with Gasteiger partial charge >= 0.3 is 0 Å².